The fourth-order valence-corrected chi connectivity index (χ4v) is 3.90. The van der Waals surface area contributed by atoms with E-state index in [-0.39, 0.29) is 23.7 Å². The van der Waals surface area contributed by atoms with Gasteiger partial charge in [-0.15, -0.1) is 0 Å². The largest absolute Gasteiger partial charge is 0.507 e. The number of phenols is 1. The van der Waals surface area contributed by atoms with E-state index < -0.39 is 5.91 Å². The number of aromatic hydroxyl groups is 1. The third-order valence-electron chi connectivity index (χ3n) is 5.71. The minimum absolute atomic E-state index is 0.120. The lowest BCUT2D eigenvalue weighted by molar-refractivity contribution is 0.0952. The predicted octanol–water partition coefficient (Wildman–Crippen LogP) is 6.18. The summed E-state index contributed by atoms with van der Waals surface area (Å²) in [5, 5.41) is 18.0. The van der Waals surface area contributed by atoms with Crippen LogP contribution in [0.25, 0.3) is 21.5 Å². The van der Waals surface area contributed by atoms with Crippen LogP contribution < -0.4 is 10.2 Å². The second-order valence-electron chi connectivity index (χ2n) is 8.03. The molecule has 0 saturated heterocycles. The highest BCUT2D eigenvalue weighted by molar-refractivity contribution is 6.04. The van der Waals surface area contributed by atoms with E-state index in [9.17, 15) is 14.3 Å². The third-order valence-corrected chi connectivity index (χ3v) is 5.71. The first-order valence-corrected chi connectivity index (χ1v) is 11.0. The molecule has 172 valence electrons. The minimum atomic E-state index is -0.529. The highest BCUT2D eigenvalue weighted by Crippen LogP contribution is 2.28. The first kappa shape index (κ1) is 22.1. The highest BCUT2D eigenvalue weighted by Gasteiger charge is 2.13. The van der Waals surface area contributed by atoms with Crippen molar-refractivity contribution in [1.29, 1.82) is 0 Å². The lowest BCUT2D eigenvalue weighted by Gasteiger charge is -2.12. The summed E-state index contributed by atoms with van der Waals surface area (Å²) in [6.07, 6.45) is 1.53. The molecule has 0 aliphatic rings. The van der Waals surface area contributed by atoms with Gasteiger partial charge >= 0.3 is 0 Å². The van der Waals surface area contributed by atoms with Crippen molar-refractivity contribution in [3.8, 4) is 11.5 Å². The molecule has 0 atom stereocenters. The van der Waals surface area contributed by atoms with E-state index in [1.165, 1.54) is 18.3 Å². The van der Waals surface area contributed by atoms with Gasteiger partial charge in [-0.1, -0.05) is 66.7 Å². The van der Waals surface area contributed by atoms with Crippen molar-refractivity contribution in [3.63, 3.8) is 0 Å². The van der Waals surface area contributed by atoms with Gasteiger partial charge in [-0.25, -0.2) is 9.82 Å². The predicted molar refractivity (Wildman–Crippen MR) is 135 cm³/mol. The number of hydrogen-bond acceptors (Lipinski definition) is 4. The number of carbonyl (C=O) groups is 1. The number of amides is 1. The van der Waals surface area contributed by atoms with Gasteiger partial charge in [0.05, 0.1) is 11.8 Å². The Labute approximate surface area is 201 Å². The lowest BCUT2D eigenvalue weighted by Crippen LogP contribution is -2.17. The number of ether oxygens (including phenoxy) is 1. The van der Waals surface area contributed by atoms with Crippen molar-refractivity contribution < 1.29 is 19.0 Å². The summed E-state index contributed by atoms with van der Waals surface area (Å²) in [5.41, 5.74) is 4.14. The zero-order valence-electron chi connectivity index (χ0n) is 18.6. The summed E-state index contributed by atoms with van der Waals surface area (Å²) in [7, 11) is 0. The van der Waals surface area contributed by atoms with Crippen LogP contribution in [0.15, 0.2) is 102 Å². The van der Waals surface area contributed by atoms with Crippen molar-refractivity contribution in [2.24, 2.45) is 5.10 Å². The highest BCUT2D eigenvalue weighted by atomic mass is 19.1. The van der Waals surface area contributed by atoms with Crippen LogP contribution in [-0.2, 0) is 6.61 Å². The molecule has 5 rings (SSSR count). The molecule has 0 heterocycles. The van der Waals surface area contributed by atoms with Gasteiger partial charge < -0.3 is 9.84 Å². The van der Waals surface area contributed by atoms with Gasteiger partial charge in [0.2, 0.25) is 0 Å². The van der Waals surface area contributed by atoms with Gasteiger partial charge in [-0.3, -0.25) is 4.79 Å². The molecule has 5 nitrogen and oxygen atoms in total. The maximum absolute atomic E-state index is 13.2. The first-order chi connectivity index (χ1) is 17.1. The van der Waals surface area contributed by atoms with Crippen LogP contribution in [0.3, 0.4) is 0 Å². The number of nitrogens with zero attached hydrogens (tertiary/aromatic N) is 1. The molecule has 5 aromatic carbocycles. The molecule has 0 bridgehead atoms. The summed E-state index contributed by atoms with van der Waals surface area (Å²) >= 11 is 0. The summed E-state index contributed by atoms with van der Waals surface area (Å²) in [5.74, 6) is -0.386. The van der Waals surface area contributed by atoms with E-state index in [4.69, 9.17) is 4.74 Å². The first-order valence-electron chi connectivity index (χ1n) is 11.0. The van der Waals surface area contributed by atoms with Crippen LogP contribution >= 0.6 is 0 Å². The second kappa shape index (κ2) is 9.65. The van der Waals surface area contributed by atoms with Gasteiger partial charge in [0.15, 0.2) is 0 Å². The molecule has 35 heavy (non-hydrogen) atoms. The van der Waals surface area contributed by atoms with Gasteiger partial charge in [0, 0.05) is 5.56 Å². The Balaban J connectivity index is 1.40. The Morgan fingerprint density at radius 2 is 1.57 bits per heavy atom. The van der Waals surface area contributed by atoms with E-state index in [2.05, 4.69) is 10.5 Å². The summed E-state index contributed by atoms with van der Waals surface area (Å²) in [6, 6.07) is 28.3. The van der Waals surface area contributed by atoms with Crippen LogP contribution in [0, 0.1) is 5.82 Å². The van der Waals surface area contributed by atoms with E-state index in [1.54, 1.807) is 24.3 Å². The average molecular weight is 464 g/mol. The number of carbonyl (C=O) groups excluding carboxylic acids is 1. The maximum Gasteiger partial charge on any atom is 0.275 e. The molecule has 0 aliphatic heterocycles. The van der Waals surface area contributed by atoms with Crippen molar-refractivity contribution in [2.45, 2.75) is 6.61 Å². The van der Waals surface area contributed by atoms with Crippen molar-refractivity contribution >= 4 is 33.7 Å². The van der Waals surface area contributed by atoms with E-state index in [0.717, 1.165) is 27.1 Å². The van der Waals surface area contributed by atoms with Crippen LogP contribution in [0.2, 0.25) is 0 Å². The molecule has 0 saturated carbocycles. The molecule has 0 fully saturated rings. The van der Waals surface area contributed by atoms with Gasteiger partial charge in [0.25, 0.3) is 5.91 Å². The van der Waals surface area contributed by atoms with Gasteiger partial charge in [-0.05, 0) is 57.4 Å². The number of rotatable bonds is 6. The number of hydrogen-bond donors (Lipinski definition) is 2. The van der Waals surface area contributed by atoms with Crippen LogP contribution in [0.4, 0.5) is 4.39 Å². The zero-order chi connectivity index (χ0) is 24.2. The fraction of sp³-hybridized carbons (Fsp3) is 0.0345. The fourth-order valence-electron chi connectivity index (χ4n) is 3.90. The van der Waals surface area contributed by atoms with Crippen LogP contribution in [0.1, 0.15) is 21.5 Å². The molecule has 0 aliphatic carbocycles. The molecule has 0 radical (unpaired) electrons. The number of nitrogens with one attached hydrogen (secondary N) is 1. The summed E-state index contributed by atoms with van der Waals surface area (Å²) in [6.45, 7) is 0.247. The van der Waals surface area contributed by atoms with Crippen LogP contribution in [-0.4, -0.2) is 17.2 Å². The standard InChI is InChI=1S/C29H21FN2O3/c30-23-12-9-19(10-13-23)18-35-28-14-11-20-5-3-4-8-24(20)26(28)17-31-32-29(34)25-15-21-6-1-2-7-22(21)16-27(25)33/h1-17,33H,18H2,(H,32,34)/b31-17+. The minimum Gasteiger partial charge on any atom is -0.507 e. The van der Waals surface area contributed by atoms with Crippen molar-refractivity contribution in [1.82, 2.24) is 5.43 Å². The van der Waals surface area contributed by atoms with Crippen molar-refractivity contribution in [2.75, 3.05) is 0 Å². The second-order valence-corrected chi connectivity index (χ2v) is 8.03. The maximum atomic E-state index is 13.2. The molecule has 2 N–H and O–H groups in total. The summed E-state index contributed by atoms with van der Waals surface area (Å²) in [4.78, 5) is 12.7. The van der Waals surface area contributed by atoms with Gasteiger partial charge in [-0.2, -0.15) is 5.10 Å². The molecule has 0 spiro atoms. The average Bonchev–Trinajstić information content (AvgIpc) is 2.88. The Morgan fingerprint density at radius 3 is 2.34 bits per heavy atom. The number of fused-ring (bicyclic) bond motifs is 2. The van der Waals surface area contributed by atoms with E-state index in [0.29, 0.717) is 11.3 Å². The Hall–Kier alpha value is -4.71. The smallest absolute Gasteiger partial charge is 0.275 e. The van der Waals surface area contributed by atoms with Crippen LogP contribution in [0.5, 0.6) is 11.5 Å². The molecule has 0 unspecified atom stereocenters. The number of halogens is 1. The molecule has 5 aromatic rings. The SMILES string of the molecule is O=C(N/N=C/c1c(OCc2ccc(F)cc2)ccc2ccccc12)c1cc2ccccc2cc1O. The number of phenolic OH excluding ortho intramolecular Hbond substituents is 1. The van der Waals surface area contributed by atoms with Crippen molar-refractivity contribution in [3.05, 3.63) is 120 Å². The monoisotopic (exact) mass is 464 g/mol. The Kier molecular flexibility index (Phi) is 6.09. The quantitative estimate of drug-likeness (QED) is 0.233. The van der Waals surface area contributed by atoms with Gasteiger partial charge in [0.1, 0.15) is 23.9 Å². The summed E-state index contributed by atoms with van der Waals surface area (Å²) < 4.78 is 19.2. The topological polar surface area (TPSA) is 70.9 Å². The van der Waals surface area contributed by atoms with E-state index in [1.807, 2.05) is 60.7 Å². The lowest BCUT2D eigenvalue weighted by atomic mass is 10.0. The Morgan fingerprint density at radius 1 is 0.886 bits per heavy atom. The molecular formula is C29H21FN2O3. The molecular weight excluding hydrogens is 443 g/mol. The Bertz CT molecular complexity index is 1560. The van der Waals surface area contributed by atoms with E-state index >= 15 is 0 Å². The zero-order valence-corrected chi connectivity index (χ0v) is 18.6. The normalized spacial score (nSPS) is 11.2. The molecule has 0 aromatic heterocycles. The molecule has 6 heteroatoms. The number of hydrazone groups is 1. The number of benzene rings is 5. The third kappa shape index (κ3) is 4.82. The molecule has 1 amide bonds.